The summed E-state index contributed by atoms with van der Waals surface area (Å²) in [6, 6.07) is 8.73. The Bertz CT molecular complexity index is 599. The fraction of sp³-hybridized carbons (Fsp3) is 0.650. The van der Waals surface area contributed by atoms with Gasteiger partial charge in [-0.15, -0.1) is 0 Å². The molecular formula is C20H28N2O3. The van der Waals surface area contributed by atoms with E-state index in [9.17, 15) is 4.79 Å². The molecule has 4 rings (SSSR count). The summed E-state index contributed by atoms with van der Waals surface area (Å²) in [5.41, 5.74) is 1.30. The van der Waals surface area contributed by atoms with Crippen LogP contribution in [0.15, 0.2) is 24.3 Å². The van der Waals surface area contributed by atoms with Crippen molar-refractivity contribution in [3.05, 3.63) is 29.8 Å². The van der Waals surface area contributed by atoms with Gasteiger partial charge in [-0.25, -0.2) is 0 Å². The van der Waals surface area contributed by atoms with Crippen LogP contribution in [-0.2, 0) is 16.1 Å². The van der Waals surface area contributed by atoms with Gasteiger partial charge in [-0.2, -0.15) is 0 Å². The van der Waals surface area contributed by atoms with Crippen molar-refractivity contribution in [3.8, 4) is 5.75 Å². The lowest BCUT2D eigenvalue weighted by Crippen LogP contribution is -2.47. The summed E-state index contributed by atoms with van der Waals surface area (Å²) in [6.07, 6.45) is 5.37. The van der Waals surface area contributed by atoms with Gasteiger partial charge in [0.15, 0.2) is 0 Å². The topological polar surface area (TPSA) is 50.8 Å². The molecule has 3 atom stereocenters. The van der Waals surface area contributed by atoms with Crippen molar-refractivity contribution in [2.45, 2.75) is 56.9 Å². The third-order valence-corrected chi connectivity index (χ3v) is 5.76. The second-order valence-electron chi connectivity index (χ2n) is 7.60. The predicted molar refractivity (Wildman–Crippen MR) is 95.4 cm³/mol. The van der Waals surface area contributed by atoms with Crippen molar-refractivity contribution >= 4 is 5.91 Å². The zero-order valence-electron chi connectivity index (χ0n) is 14.9. The number of likely N-dealkylation sites (tertiary alicyclic amines) is 1. The third-order valence-electron chi connectivity index (χ3n) is 5.76. The van der Waals surface area contributed by atoms with Gasteiger partial charge in [0, 0.05) is 25.7 Å². The number of methoxy groups -OCH3 is 1. The standard InChI is InChI=1S/C20H28N2O3/c1-24-16-6-4-15(5-7-16)13-22-11-10-18-17(22)8-9-19(25-18)20(23)21-12-14-2-3-14/h4-7,14,17-19H,2-3,8-13H2,1H3,(H,21,23)/t17-,18-,19+/m0/s1. The molecule has 1 N–H and O–H groups in total. The van der Waals surface area contributed by atoms with Gasteiger partial charge in [-0.1, -0.05) is 12.1 Å². The van der Waals surface area contributed by atoms with Crippen LogP contribution < -0.4 is 10.1 Å². The minimum Gasteiger partial charge on any atom is -0.497 e. The highest BCUT2D eigenvalue weighted by Gasteiger charge is 2.41. The summed E-state index contributed by atoms with van der Waals surface area (Å²) in [5.74, 6) is 1.70. The summed E-state index contributed by atoms with van der Waals surface area (Å²) in [4.78, 5) is 14.8. The Morgan fingerprint density at radius 3 is 2.72 bits per heavy atom. The van der Waals surface area contributed by atoms with E-state index >= 15 is 0 Å². The Kier molecular flexibility index (Phi) is 4.95. The summed E-state index contributed by atoms with van der Waals surface area (Å²) in [6.45, 7) is 2.81. The molecule has 0 radical (unpaired) electrons. The van der Waals surface area contributed by atoms with E-state index < -0.39 is 0 Å². The maximum Gasteiger partial charge on any atom is 0.249 e. The lowest BCUT2D eigenvalue weighted by molar-refractivity contribution is -0.144. The maximum absolute atomic E-state index is 12.3. The van der Waals surface area contributed by atoms with Crippen LogP contribution in [0.1, 0.15) is 37.7 Å². The second kappa shape index (κ2) is 7.34. The van der Waals surface area contributed by atoms with E-state index in [0.29, 0.717) is 12.0 Å². The number of benzene rings is 1. The number of amides is 1. The molecule has 1 saturated carbocycles. The molecule has 25 heavy (non-hydrogen) atoms. The quantitative estimate of drug-likeness (QED) is 0.861. The SMILES string of the molecule is COc1ccc(CN2CC[C@@H]3O[C@@H](C(=O)NCC4CC4)CC[C@@H]32)cc1. The van der Waals surface area contributed by atoms with Crippen molar-refractivity contribution in [2.24, 2.45) is 5.92 Å². The first-order valence-electron chi connectivity index (χ1n) is 9.53. The minimum absolute atomic E-state index is 0.0963. The highest BCUT2D eigenvalue weighted by Crippen LogP contribution is 2.33. The van der Waals surface area contributed by atoms with Crippen LogP contribution in [0.2, 0.25) is 0 Å². The van der Waals surface area contributed by atoms with Crippen LogP contribution in [0.25, 0.3) is 0 Å². The molecule has 2 heterocycles. The normalized spacial score (nSPS) is 29.2. The maximum atomic E-state index is 12.3. The zero-order valence-corrected chi connectivity index (χ0v) is 14.9. The summed E-state index contributed by atoms with van der Waals surface area (Å²) >= 11 is 0. The lowest BCUT2D eigenvalue weighted by Gasteiger charge is -2.35. The number of carbonyl (C=O) groups is 1. The van der Waals surface area contributed by atoms with Crippen LogP contribution in [-0.4, -0.2) is 49.3 Å². The molecule has 3 aliphatic rings. The molecule has 1 aromatic carbocycles. The number of hydrogen-bond donors (Lipinski definition) is 1. The number of hydrogen-bond acceptors (Lipinski definition) is 4. The second-order valence-corrected chi connectivity index (χ2v) is 7.60. The molecule has 136 valence electrons. The van der Waals surface area contributed by atoms with Gasteiger partial charge in [0.25, 0.3) is 0 Å². The monoisotopic (exact) mass is 344 g/mol. The predicted octanol–water partition coefficient (Wildman–Crippen LogP) is 2.34. The average Bonchev–Trinajstić information content (AvgIpc) is 3.40. The van der Waals surface area contributed by atoms with E-state index in [1.807, 2.05) is 12.1 Å². The van der Waals surface area contributed by atoms with Gasteiger partial charge >= 0.3 is 0 Å². The molecule has 3 fully saturated rings. The Balaban J connectivity index is 1.29. The van der Waals surface area contributed by atoms with Crippen molar-refractivity contribution < 1.29 is 14.3 Å². The van der Waals surface area contributed by atoms with E-state index in [4.69, 9.17) is 9.47 Å². The van der Waals surface area contributed by atoms with Gasteiger partial charge in [0.05, 0.1) is 13.2 Å². The van der Waals surface area contributed by atoms with E-state index in [-0.39, 0.29) is 18.1 Å². The Labute approximate surface area is 149 Å². The van der Waals surface area contributed by atoms with Crippen LogP contribution in [0.5, 0.6) is 5.75 Å². The van der Waals surface area contributed by atoms with Crippen molar-refractivity contribution in [1.82, 2.24) is 10.2 Å². The molecular weight excluding hydrogens is 316 g/mol. The first-order valence-corrected chi connectivity index (χ1v) is 9.53. The van der Waals surface area contributed by atoms with Crippen LogP contribution in [0, 0.1) is 5.92 Å². The molecule has 2 saturated heterocycles. The zero-order chi connectivity index (χ0) is 17.2. The molecule has 0 spiro atoms. The summed E-state index contributed by atoms with van der Waals surface area (Å²) < 4.78 is 11.4. The molecule has 1 aromatic rings. The Hall–Kier alpha value is -1.59. The molecule has 5 nitrogen and oxygen atoms in total. The molecule has 2 aliphatic heterocycles. The number of nitrogens with one attached hydrogen (secondary N) is 1. The number of rotatable bonds is 6. The fourth-order valence-electron chi connectivity index (χ4n) is 4.05. The van der Waals surface area contributed by atoms with Crippen LogP contribution in [0.3, 0.4) is 0 Å². The molecule has 5 heteroatoms. The van der Waals surface area contributed by atoms with Gasteiger partial charge in [-0.05, 0) is 55.7 Å². The number of ether oxygens (including phenoxy) is 2. The van der Waals surface area contributed by atoms with Gasteiger partial charge in [-0.3, -0.25) is 9.69 Å². The highest BCUT2D eigenvalue weighted by molar-refractivity contribution is 5.80. The fourth-order valence-corrected chi connectivity index (χ4v) is 4.05. The lowest BCUT2D eigenvalue weighted by atomic mass is 9.98. The third kappa shape index (κ3) is 3.98. The smallest absolute Gasteiger partial charge is 0.249 e. The number of fused-ring (bicyclic) bond motifs is 1. The number of nitrogens with zero attached hydrogens (tertiary/aromatic N) is 1. The first-order chi connectivity index (χ1) is 12.2. The molecule has 0 unspecified atom stereocenters. The largest absolute Gasteiger partial charge is 0.497 e. The molecule has 1 aliphatic carbocycles. The van der Waals surface area contributed by atoms with Gasteiger partial charge < -0.3 is 14.8 Å². The van der Waals surface area contributed by atoms with Gasteiger partial charge in [0.2, 0.25) is 5.91 Å². The summed E-state index contributed by atoms with van der Waals surface area (Å²) in [5, 5.41) is 3.07. The van der Waals surface area contributed by atoms with Crippen LogP contribution in [0.4, 0.5) is 0 Å². The Morgan fingerprint density at radius 1 is 1.20 bits per heavy atom. The van der Waals surface area contributed by atoms with E-state index in [1.54, 1.807) is 7.11 Å². The summed E-state index contributed by atoms with van der Waals surface area (Å²) in [7, 11) is 1.69. The van der Waals surface area contributed by atoms with Crippen LogP contribution >= 0.6 is 0 Å². The molecule has 1 amide bonds. The van der Waals surface area contributed by atoms with E-state index in [2.05, 4.69) is 22.3 Å². The molecule has 0 aromatic heterocycles. The van der Waals surface area contributed by atoms with Crippen molar-refractivity contribution in [3.63, 3.8) is 0 Å². The minimum atomic E-state index is -0.249. The van der Waals surface area contributed by atoms with Gasteiger partial charge in [0.1, 0.15) is 11.9 Å². The van der Waals surface area contributed by atoms with E-state index in [0.717, 1.165) is 44.6 Å². The highest BCUT2D eigenvalue weighted by atomic mass is 16.5. The van der Waals surface area contributed by atoms with Crippen molar-refractivity contribution in [2.75, 3.05) is 20.2 Å². The van der Waals surface area contributed by atoms with E-state index in [1.165, 1.54) is 18.4 Å². The first kappa shape index (κ1) is 16.9. The Morgan fingerprint density at radius 2 is 2.00 bits per heavy atom. The molecule has 0 bridgehead atoms. The average molecular weight is 344 g/mol. The van der Waals surface area contributed by atoms with Crippen molar-refractivity contribution in [1.29, 1.82) is 0 Å². The number of carbonyl (C=O) groups excluding carboxylic acids is 1.